The van der Waals surface area contributed by atoms with Crippen LogP contribution in [-0.2, 0) is 9.59 Å². The Morgan fingerprint density at radius 3 is 2.32 bits per heavy atom. The number of methoxy groups -OCH3 is 1. The van der Waals surface area contributed by atoms with Gasteiger partial charge in [0, 0.05) is 5.56 Å². The zero-order valence-electron chi connectivity index (χ0n) is 17.8. The smallest absolute Gasteiger partial charge is 0.302 e. The highest BCUT2D eigenvalue weighted by atomic mass is 35.5. The Balaban J connectivity index is 1.73. The number of H-pyrrole nitrogens is 1. The third-order valence-electron chi connectivity index (χ3n) is 5.64. The molecule has 0 saturated carbocycles. The lowest BCUT2D eigenvalue weighted by Gasteiger charge is -2.23. The molecule has 1 unspecified atom stereocenters. The summed E-state index contributed by atoms with van der Waals surface area (Å²) in [6.07, 6.45) is 0. The third-order valence-corrected chi connectivity index (χ3v) is 6.20. The lowest BCUT2D eigenvalue weighted by molar-refractivity contribution is -0.132. The van der Waals surface area contributed by atoms with E-state index in [-0.39, 0.29) is 32.9 Å². The van der Waals surface area contributed by atoms with Gasteiger partial charge >= 0.3 is 5.91 Å². The number of aliphatic hydroxyl groups is 1. The van der Waals surface area contributed by atoms with Crippen LogP contribution in [-0.4, -0.2) is 33.9 Å². The molecule has 1 aromatic heterocycles. The summed E-state index contributed by atoms with van der Waals surface area (Å²) >= 11 is 12.5. The monoisotopic (exact) mass is 493 g/mol. The number of benzene rings is 3. The van der Waals surface area contributed by atoms with Gasteiger partial charge in [0.15, 0.2) is 5.75 Å². The van der Waals surface area contributed by atoms with Crippen molar-refractivity contribution in [2.24, 2.45) is 0 Å². The van der Waals surface area contributed by atoms with E-state index in [2.05, 4.69) is 9.97 Å². The topological polar surface area (TPSA) is 95.5 Å². The average Bonchev–Trinajstić information content (AvgIpc) is 3.37. The Labute approximate surface area is 204 Å². The minimum absolute atomic E-state index is 0.103. The number of Topliss-reactive ketones (excluding diaryl/α,β-unsaturated/α-hetero) is 1. The third kappa shape index (κ3) is 3.50. The second kappa shape index (κ2) is 8.52. The zero-order valence-corrected chi connectivity index (χ0v) is 19.3. The van der Waals surface area contributed by atoms with Gasteiger partial charge in [-0.05, 0) is 29.8 Å². The molecule has 0 aliphatic carbocycles. The Hall–Kier alpha value is -3.81. The standard InChI is InChI=1S/C25H17Cl2N3O4/c1-34-23-15(26)11-14(12-16(23)27)21(31)19-20(13-7-3-2-4-8-13)30(24(33)22(19)32)25-28-17-9-5-6-10-18(17)29-25/h2-12,20,31H,1H3,(H,28,29)/b21-19+. The molecule has 1 aliphatic heterocycles. The number of aromatic nitrogens is 2. The van der Waals surface area contributed by atoms with Gasteiger partial charge < -0.3 is 14.8 Å². The number of ether oxygens (including phenoxy) is 1. The molecule has 7 nitrogen and oxygen atoms in total. The maximum atomic E-state index is 13.3. The van der Waals surface area contributed by atoms with E-state index in [1.807, 2.05) is 24.3 Å². The van der Waals surface area contributed by atoms with Crippen molar-refractivity contribution >= 4 is 57.6 Å². The molecule has 5 rings (SSSR count). The van der Waals surface area contributed by atoms with Crippen LogP contribution in [0.25, 0.3) is 16.8 Å². The summed E-state index contributed by atoms with van der Waals surface area (Å²) in [6, 6.07) is 18.1. The number of amides is 1. The first-order valence-corrected chi connectivity index (χ1v) is 11.0. The molecule has 1 aliphatic rings. The van der Waals surface area contributed by atoms with Crippen molar-refractivity contribution in [1.29, 1.82) is 0 Å². The molecule has 0 bridgehead atoms. The summed E-state index contributed by atoms with van der Waals surface area (Å²) in [5.74, 6) is -1.64. The van der Waals surface area contributed by atoms with Gasteiger partial charge in [-0.2, -0.15) is 0 Å². The lowest BCUT2D eigenvalue weighted by atomic mass is 9.95. The van der Waals surface area contributed by atoms with E-state index in [0.29, 0.717) is 16.6 Å². The van der Waals surface area contributed by atoms with Gasteiger partial charge in [0.2, 0.25) is 5.95 Å². The first-order chi connectivity index (χ1) is 16.4. The largest absolute Gasteiger partial charge is 0.507 e. The predicted molar refractivity (Wildman–Crippen MR) is 130 cm³/mol. The van der Waals surface area contributed by atoms with E-state index in [4.69, 9.17) is 27.9 Å². The highest BCUT2D eigenvalue weighted by molar-refractivity contribution is 6.51. The number of imidazole rings is 1. The molecule has 34 heavy (non-hydrogen) atoms. The number of nitrogens with one attached hydrogen (secondary N) is 1. The fourth-order valence-electron chi connectivity index (χ4n) is 4.10. The summed E-state index contributed by atoms with van der Waals surface area (Å²) in [4.78, 5) is 35.4. The molecule has 4 aromatic rings. The van der Waals surface area contributed by atoms with E-state index in [0.717, 1.165) is 0 Å². The van der Waals surface area contributed by atoms with Crippen LogP contribution < -0.4 is 9.64 Å². The maximum Gasteiger partial charge on any atom is 0.302 e. The van der Waals surface area contributed by atoms with Crippen molar-refractivity contribution in [3.63, 3.8) is 0 Å². The first kappa shape index (κ1) is 22.0. The van der Waals surface area contributed by atoms with Crippen molar-refractivity contribution in [3.05, 3.63) is 93.5 Å². The molecule has 3 aromatic carbocycles. The maximum absolute atomic E-state index is 13.3. The number of nitrogens with zero attached hydrogens (tertiary/aromatic N) is 2. The Morgan fingerprint density at radius 2 is 1.68 bits per heavy atom. The van der Waals surface area contributed by atoms with Gasteiger partial charge in [0.1, 0.15) is 5.76 Å². The van der Waals surface area contributed by atoms with E-state index < -0.39 is 23.5 Å². The Kier molecular flexibility index (Phi) is 5.51. The van der Waals surface area contributed by atoms with Crippen LogP contribution in [0.15, 0.2) is 72.3 Å². The highest BCUT2D eigenvalue weighted by Gasteiger charge is 2.48. The van der Waals surface area contributed by atoms with Gasteiger partial charge in [-0.15, -0.1) is 0 Å². The van der Waals surface area contributed by atoms with Crippen LogP contribution >= 0.6 is 23.2 Å². The molecular formula is C25H17Cl2N3O4. The zero-order chi connectivity index (χ0) is 24.0. The molecular weight excluding hydrogens is 477 g/mol. The van der Waals surface area contributed by atoms with Crippen LogP contribution in [0.5, 0.6) is 5.75 Å². The average molecular weight is 494 g/mol. The molecule has 1 saturated heterocycles. The second-order valence-corrected chi connectivity index (χ2v) is 8.44. The van der Waals surface area contributed by atoms with Crippen molar-refractivity contribution in [2.75, 3.05) is 12.0 Å². The van der Waals surface area contributed by atoms with E-state index >= 15 is 0 Å². The molecule has 0 radical (unpaired) electrons. The fraction of sp³-hybridized carbons (Fsp3) is 0.0800. The number of carbonyl (C=O) groups excluding carboxylic acids is 2. The van der Waals surface area contributed by atoms with Gasteiger partial charge in [-0.3, -0.25) is 14.5 Å². The number of halogens is 2. The van der Waals surface area contributed by atoms with Crippen LogP contribution in [0, 0.1) is 0 Å². The summed E-state index contributed by atoms with van der Waals surface area (Å²) in [7, 11) is 1.42. The second-order valence-electron chi connectivity index (χ2n) is 7.63. The van der Waals surface area contributed by atoms with Crippen molar-refractivity contribution in [3.8, 4) is 5.75 Å². The lowest BCUT2D eigenvalue weighted by Crippen LogP contribution is -2.30. The van der Waals surface area contributed by atoms with Crippen molar-refractivity contribution < 1.29 is 19.4 Å². The van der Waals surface area contributed by atoms with Crippen LogP contribution in [0.4, 0.5) is 5.95 Å². The molecule has 2 heterocycles. The number of para-hydroxylation sites is 2. The van der Waals surface area contributed by atoms with Crippen LogP contribution in [0.3, 0.4) is 0 Å². The number of hydrogen-bond acceptors (Lipinski definition) is 5. The molecule has 1 atom stereocenters. The fourth-order valence-corrected chi connectivity index (χ4v) is 4.74. The van der Waals surface area contributed by atoms with Gasteiger partial charge in [-0.25, -0.2) is 4.98 Å². The number of rotatable bonds is 4. The molecule has 170 valence electrons. The van der Waals surface area contributed by atoms with E-state index in [9.17, 15) is 14.7 Å². The SMILES string of the molecule is COc1c(Cl)cc(/C(O)=C2\C(=O)C(=O)N(c3nc4ccccc4[nH]3)C2c2ccccc2)cc1Cl. The quantitative estimate of drug-likeness (QED) is 0.222. The highest BCUT2D eigenvalue weighted by Crippen LogP contribution is 2.43. The summed E-state index contributed by atoms with van der Waals surface area (Å²) in [5.41, 5.74) is 2.04. The number of anilines is 1. The summed E-state index contributed by atoms with van der Waals surface area (Å²) in [5, 5.41) is 11.6. The van der Waals surface area contributed by atoms with Crippen LogP contribution in [0.2, 0.25) is 10.0 Å². The molecule has 9 heteroatoms. The summed E-state index contributed by atoms with van der Waals surface area (Å²) < 4.78 is 5.17. The van der Waals surface area contributed by atoms with E-state index in [1.54, 1.807) is 30.3 Å². The van der Waals surface area contributed by atoms with Gasteiger partial charge in [0.25, 0.3) is 5.78 Å². The Morgan fingerprint density at radius 1 is 1.03 bits per heavy atom. The summed E-state index contributed by atoms with van der Waals surface area (Å²) in [6.45, 7) is 0. The van der Waals surface area contributed by atoms with Gasteiger partial charge in [-0.1, -0.05) is 65.7 Å². The number of aromatic amines is 1. The minimum Gasteiger partial charge on any atom is -0.507 e. The molecule has 1 fully saturated rings. The van der Waals surface area contributed by atoms with Crippen molar-refractivity contribution in [1.82, 2.24) is 9.97 Å². The van der Waals surface area contributed by atoms with E-state index in [1.165, 1.54) is 24.1 Å². The number of aliphatic hydroxyl groups excluding tert-OH is 1. The van der Waals surface area contributed by atoms with Crippen LogP contribution in [0.1, 0.15) is 17.2 Å². The molecule has 1 amide bonds. The number of ketones is 1. The number of hydrogen-bond donors (Lipinski definition) is 2. The molecule has 2 N–H and O–H groups in total. The van der Waals surface area contributed by atoms with Crippen molar-refractivity contribution in [2.45, 2.75) is 6.04 Å². The number of carbonyl (C=O) groups is 2. The Bertz CT molecular complexity index is 1420. The number of fused-ring (bicyclic) bond motifs is 1. The molecule has 0 spiro atoms. The minimum atomic E-state index is -0.929. The normalized spacial score (nSPS) is 17.5. The van der Waals surface area contributed by atoms with Gasteiger partial charge in [0.05, 0.1) is 39.8 Å². The predicted octanol–water partition coefficient (Wildman–Crippen LogP) is 5.50. The first-order valence-electron chi connectivity index (χ1n) is 10.2.